The molecule has 0 aliphatic rings. The van der Waals surface area contributed by atoms with Crippen molar-refractivity contribution in [1.29, 1.82) is 0 Å². The highest BCUT2D eigenvalue weighted by Gasteiger charge is 2.23. The molecule has 136 valence electrons. The Morgan fingerprint density at radius 1 is 1.15 bits per heavy atom. The van der Waals surface area contributed by atoms with Crippen LogP contribution in [0, 0.1) is 10.1 Å². The van der Waals surface area contributed by atoms with Crippen LogP contribution in [0.15, 0.2) is 52.9 Å². The van der Waals surface area contributed by atoms with Gasteiger partial charge in [0, 0.05) is 31.3 Å². The smallest absolute Gasteiger partial charge is 0.270 e. The molecule has 0 amide bonds. The summed E-state index contributed by atoms with van der Waals surface area (Å²) in [5.74, 6) is 0.617. The van der Waals surface area contributed by atoms with Gasteiger partial charge in [0.1, 0.15) is 11.3 Å². The number of hydrogen-bond acceptors (Lipinski definition) is 5. The Kier molecular flexibility index (Phi) is 4.59. The largest absolute Gasteiger partial charge is 0.438 e. The average Bonchev–Trinajstić information content (AvgIpc) is 2.90. The van der Waals surface area contributed by atoms with E-state index >= 15 is 0 Å². The maximum absolute atomic E-state index is 11.2. The van der Waals surface area contributed by atoms with Crippen LogP contribution in [-0.2, 0) is 6.54 Å². The summed E-state index contributed by atoms with van der Waals surface area (Å²) >= 11 is 0. The van der Waals surface area contributed by atoms with Crippen molar-refractivity contribution in [2.24, 2.45) is 0 Å². The van der Waals surface area contributed by atoms with Crippen molar-refractivity contribution in [3.05, 3.63) is 64.2 Å². The van der Waals surface area contributed by atoms with Gasteiger partial charge in [-0.1, -0.05) is 30.3 Å². The molecule has 2 aromatic carbocycles. The summed E-state index contributed by atoms with van der Waals surface area (Å²) in [6.45, 7) is 6.80. The quantitative estimate of drug-likeness (QED) is 0.505. The van der Waals surface area contributed by atoms with Gasteiger partial charge in [-0.3, -0.25) is 10.1 Å². The van der Waals surface area contributed by atoms with Crippen molar-refractivity contribution < 1.29 is 9.34 Å². The number of furan rings is 1. The van der Waals surface area contributed by atoms with E-state index in [2.05, 4.69) is 22.3 Å². The zero-order chi connectivity index (χ0) is 18.9. The van der Waals surface area contributed by atoms with E-state index in [1.54, 1.807) is 12.1 Å². The minimum Gasteiger partial charge on any atom is -0.438 e. The first-order chi connectivity index (χ1) is 12.2. The van der Waals surface area contributed by atoms with E-state index in [9.17, 15) is 10.1 Å². The summed E-state index contributed by atoms with van der Waals surface area (Å²) in [5.41, 5.74) is 2.44. The summed E-state index contributed by atoms with van der Waals surface area (Å²) in [6.07, 6.45) is 0. The fraction of sp³-hybridized carbons (Fsp3) is 0.300. The van der Waals surface area contributed by atoms with Gasteiger partial charge in [0.25, 0.3) is 5.69 Å². The fourth-order valence-electron chi connectivity index (χ4n) is 2.93. The van der Waals surface area contributed by atoms with E-state index in [0.717, 1.165) is 16.6 Å². The number of fused-ring (bicyclic) bond motifs is 1. The van der Waals surface area contributed by atoms with Crippen molar-refractivity contribution in [2.75, 3.05) is 17.3 Å². The van der Waals surface area contributed by atoms with Gasteiger partial charge in [-0.2, -0.15) is 0 Å². The third-order valence-electron chi connectivity index (χ3n) is 3.99. The van der Waals surface area contributed by atoms with Gasteiger partial charge < -0.3 is 14.6 Å². The Bertz CT molecular complexity index is 927. The van der Waals surface area contributed by atoms with Gasteiger partial charge in [0.2, 0.25) is 5.88 Å². The van der Waals surface area contributed by atoms with Gasteiger partial charge in [-0.25, -0.2) is 0 Å². The Morgan fingerprint density at radius 2 is 1.85 bits per heavy atom. The van der Waals surface area contributed by atoms with E-state index in [-0.39, 0.29) is 16.1 Å². The molecule has 0 radical (unpaired) electrons. The zero-order valence-electron chi connectivity index (χ0n) is 15.4. The summed E-state index contributed by atoms with van der Waals surface area (Å²) in [6, 6.07) is 14.8. The van der Waals surface area contributed by atoms with Gasteiger partial charge in [-0.15, -0.1) is 0 Å². The highest BCUT2D eigenvalue weighted by atomic mass is 16.6. The summed E-state index contributed by atoms with van der Waals surface area (Å²) in [7, 11) is 1.96. The second-order valence-electron chi connectivity index (χ2n) is 7.43. The number of nitrogens with zero attached hydrogens (tertiary/aromatic N) is 2. The number of nitro groups is 1. The second-order valence-corrected chi connectivity index (χ2v) is 7.43. The SMILES string of the molecule is CN(Cc1ccccc1)c1c(NC(C)(C)C)oc2ccc([N+](=O)[O-])cc12. The molecule has 1 N–H and O–H groups in total. The van der Waals surface area contributed by atoms with E-state index in [1.165, 1.54) is 6.07 Å². The van der Waals surface area contributed by atoms with Gasteiger partial charge in [0.05, 0.1) is 10.3 Å². The van der Waals surface area contributed by atoms with Gasteiger partial charge in [0.15, 0.2) is 0 Å². The highest BCUT2D eigenvalue weighted by molar-refractivity contribution is 5.99. The maximum Gasteiger partial charge on any atom is 0.270 e. The van der Waals surface area contributed by atoms with Gasteiger partial charge >= 0.3 is 0 Å². The van der Waals surface area contributed by atoms with E-state index in [1.807, 2.05) is 46.0 Å². The van der Waals surface area contributed by atoms with E-state index in [4.69, 9.17) is 4.42 Å². The maximum atomic E-state index is 11.2. The van der Waals surface area contributed by atoms with Crippen molar-refractivity contribution >= 4 is 28.2 Å². The molecule has 0 unspecified atom stereocenters. The Hall–Kier alpha value is -3.02. The first-order valence-electron chi connectivity index (χ1n) is 8.49. The number of non-ortho nitro benzene ring substituents is 1. The molecule has 0 aliphatic carbocycles. The standard InChI is InChI=1S/C20H23N3O3/c1-20(2,3)21-19-18(22(4)13-14-8-6-5-7-9-14)16-12-15(23(24)25)10-11-17(16)26-19/h5-12,21H,13H2,1-4H3. The third-order valence-corrected chi connectivity index (χ3v) is 3.99. The minimum atomic E-state index is -0.385. The molecular formula is C20H23N3O3. The fourth-order valence-corrected chi connectivity index (χ4v) is 2.93. The first kappa shape index (κ1) is 17.8. The second kappa shape index (κ2) is 6.71. The molecule has 0 fully saturated rings. The first-order valence-corrected chi connectivity index (χ1v) is 8.49. The van der Waals surface area contributed by atoms with Crippen LogP contribution in [0.5, 0.6) is 0 Å². The molecular weight excluding hydrogens is 330 g/mol. The Labute approximate surface area is 152 Å². The topological polar surface area (TPSA) is 71.5 Å². The lowest BCUT2D eigenvalue weighted by Gasteiger charge is -2.24. The lowest BCUT2D eigenvalue weighted by Crippen LogP contribution is -2.27. The van der Waals surface area contributed by atoms with Gasteiger partial charge in [-0.05, 0) is 32.4 Å². The van der Waals surface area contributed by atoms with Crippen LogP contribution in [0.3, 0.4) is 0 Å². The third kappa shape index (κ3) is 3.79. The molecule has 6 heteroatoms. The zero-order valence-corrected chi connectivity index (χ0v) is 15.4. The van der Waals surface area contributed by atoms with Crippen LogP contribution in [0.2, 0.25) is 0 Å². The predicted octanol–water partition coefficient (Wildman–Crippen LogP) is 5.19. The summed E-state index contributed by atoms with van der Waals surface area (Å²) in [4.78, 5) is 12.9. The normalized spacial score (nSPS) is 11.5. The molecule has 0 spiro atoms. The molecule has 0 atom stereocenters. The minimum absolute atomic E-state index is 0.0509. The van der Waals surface area contributed by atoms with Crippen molar-refractivity contribution in [2.45, 2.75) is 32.9 Å². The number of nitro benzene ring substituents is 1. The molecule has 6 nitrogen and oxygen atoms in total. The van der Waals surface area contributed by atoms with Crippen LogP contribution < -0.4 is 10.2 Å². The Morgan fingerprint density at radius 3 is 2.46 bits per heavy atom. The van der Waals surface area contributed by atoms with Crippen LogP contribution in [0.25, 0.3) is 11.0 Å². The highest BCUT2D eigenvalue weighted by Crippen LogP contribution is 2.40. The van der Waals surface area contributed by atoms with Crippen molar-refractivity contribution in [3.63, 3.8) is 0 Å². The molecule has 0 saturated heterocycles. The monoisotopic (exact) mass is 353 g/mol. The molecule has 3 rings (SSSR count). The van der Waals surface area contributed by atoms with Crippen molar-refractivity contribution in [1.82, 2.24) is 0 Å². The molecule has 26 heavy (non-hydrogen) atoms. The summed E-state index contributed by atoms with van der Waals surface area (Å²) in [5, 5.41) is 15.3. The number of hydrogen-bond donors (Lipinski definition) is 1. The van der Waals surface area contributed by atoms with Crippen molar-refractivity contribution in [3.8, 4) is 0 Å². The molecule has 1 heterocycles. The number of nitrogens with one attached hydrogen (secondary N) is 1. The van der Waals surface area contributed by atoms with E-state index in [0.29, 0.717) is 18.0 Å². The average molecular weight is 353 g/mol. The number of anilines is 2. The van der Waals surface area contributed by atoms with Crippen LogP contribution in [-0.4, -0.2) is 17.5 Å². The predicted molar refractivity (Wildman–Crippen MR) is 105 cm³/mol. The van der Waals surface area contributed by atoms with Crippen LogP contribution in [0.4, 0.5) is 17.3 Å². The molecule has 0 aliphatic heterocycles. The van der Waals surface area contributed by atoms with Crippen LogP contribution >= 0.6 is 0 Å². The molecule has 3 aromatic rings. The molecule has 0 saturated carbocycles. The summed E-state index contributed by atoms with van der Waals surface area (Å²) < 4.78 is 5.99. The number of rotatable bonds is 5. The number of benzene rings is 2. The Balaban J connectivity index is 2.10. The van der Waals surface area contributed by atoms with E-state index < -0.39 is 0 Å². The molecule has 1 aromatic heterocycles. The molecule has 0 bridgehead atoms. The lowest BCUT2D eigenvalue weighted by atomic mass is 10.1. The van der Waals surface area contributed by atoms with Crippen LogP contribution in [0.1, 0.15) is 26.3 Å². The lowest BCUT2D eigenvalue weighted by molar-refractivity contribution is -0.384.